The minimum atomic E-state index is -1.01. The standard InChI is InChI=1S/C24H24O5/c1-16-20-19(15-29-24(20)25)22(28-14-18-11-7-4-8-12-18)23(26-2)21(16)27-13-17-9-5-3-6-10-17/h3-12,24-25H,13-15H2,1-2H3. The van der Waals surface area contributed by atoms with E-state index in [1.165, 1.54) is 0 Å². The third kappa shape index (κ3) is 3.92. The zero-order valence-corrected chi connectivity index (χ0v) is 16.6. The highest BCUT2D eigenvalue weighted by Crippen LogP contribution is 2.50. The van der Waals surface area contributed by atoms with Gasteiger partial charge in [0.05, 0.1) is 13.7 Å². The maximum absolute atomic E-state index is 10.4. The van der Waals surface area contributed by atoms with Gasteiger partial charge < -0.3 is 24.1 Å². The van der Waals surface area contributed by atoms with E-state index in [-0.39, 0.29) is 6.61 Å². The predicted octanol–water partition coefficient (Wildman–Crippen LogP) is 4.68. The largest absolute Gasteiger partial charge is 0.490 e. The zero-order chi connectivity index (χ0) is 20.2. The van der Waals surface area contributed by atoms with Crippen LogP contribution in [0, 0.1) is 6.92 Å². The molecule has 0 saturated carbocycles. The fourth-order valence-electron chi connectivity index (χ4n) is 3.58. The van der Waals surface area contributed by atoms with Crippen molar-refractivity contribution in [1.82, 2.24) is 0 Å². The summed E-state index contributed by atoms with van der Waals surface area (Å²) >= 11 is 0. The van der Waals surface area contributed by atoms with Crippen LogP contribution in [-0.2, 0) is 24.6 Å². The first-order valence-electron chi connectivity index (χ1n) is 9.55. The molecule has 0 aromatic heterocycles. The van der Waals surface area contributed by atoms with E-state index in [0.29, 0.717) is 36.0 Å². The molecule has 0 spiro atoms. The summed E-state index contributed by atoms with van der Waals surface area (Å²) < 4.78 is 23.5. The van der Waals surface area contributed by atoms with Gasteiger partial charge in [0.1, 0.15) is 13.2 Å². The Balaban J connectivity index is 1.71. The molecular formula is C24H24O5. The molecule has 150 valence electrons. The summed E-state index contributed by atoms with van der Waals surface area (Å²) in [6, 6.07) is 19.8. The van der Waals surface area contributed by atoms with E-state index in [2.05, 4.69) is 0 Å². The summed E-state index contributed by atoms with van der Waals surface area (Å²) in [4.78, 5) is 0. The molecule has 5 heteroatoms. The first kappa shape index (κ1) is 19.3. The summed E-state index contributed by atoms with van der Waals surface area (Å²) in [6.07, 6.45) is -1.01. The Bertz CT molecular complexity index is 970. The van der Waals surface area contributed by atoms with Crippen molar-refractivity contribution in [2.75, 3.05) is 7.11 Å². The molecule has 1 unspecified atom stereocenters. The molecule has 1 N–H and O–H groups in total. The summed E-state index contributed by atoms with van der Waals surface area (Å²) in [5.41, 5.74) is 4.37. The van der Waals surface area contributed by atoms with Gasteiger partial charge in [0.2, 0.25) is 5.75 Å². The Morgan fingerprint density at radius 3 is 1.97 bits per heavy atom. The van der Waals surface area contributed by atoms with Crippen molar-refractivity contribution in [3.63, 3.8) is 0 Å². The van der Waals surface area contributed by atoms with Gasteiger partial charge in [-0.15, -0.1) is 0 Å². The molecule has 0 bridgehead atoms. The molecule has 0 fully saturated rings. The zero-order valence-electron chi connectivity index (χ0n) is 16.6. The lowest BCUT2D eigenvalue weighted by Crippen LogP contribution is -2.07. The molecule has 1 heterocycles. The van der Waals surface area contributed by atoms with Gasteiger partial charge >= 0.3 is 0 Å². The van der Waals surface area contributed by atoms with Gasteiger partial charge in [-0.05, 0) is 18.1 Å². The fourth-order valence-corrected chi connectivity index (χ4v) is 3.58. The highest BCUT2D eigenvalue weighted by molar-refractivity contribution is 5.64. The summed E-state index contributed by atoms with van der Waals surface area (Å²) in [5.74, 6) is 1.63. The summed E-state index contributed by atoms with van der Waals surface area (Å²) in [5, 5.41) is 10.4. The Morgan fingerprint density at radius 1 is 0.862 bits per heavy atom. The number of aliphatic hydroxyl groups is 1. The number of methoxy groups -OCH3 is 1. The number of hydrogen-bond donors (Lipinski definition) is 1. The van der Waals surface area contributed by atoms with E-state index >= 15 is 0 Å². The van der Waals surface area contributed by atoms with E-state index in [9.17, 15) is 5.11 Å². The average molecular weight is 392 g/mol. The number of hydrogen-bond acceptors (Lipinski definition) is 5. The second-order valence-corrected chi connectivity index (χ2v) is 6.92. The number of benzene rings is 3. The van der Waals surface area contributed by atoms with Crippen LogP contribution in [-0.4, -0.2) is 12.2 Å². The Hall–Kier alpha value is -3.02. The maximum Gasteiger partial charge on any atom is 0.204 e. The van der Waals surface area contributed by atoms with Gasteiger partial charge in [-0.2, -0.15) is 0 Å². The van der Waals surface area contributed by atoms with Gasteiger partial charge in [0, 0.05) is 16.7 Å². The molecule has 0 radical (unpaired) electrons. The third-order valence-electron chi connectivity index (χ3n) is 5.04. The van der Waals surface area contributed by atoms with Crippen LogP contribution < -0.4 is 14.2 Å². The Kier molecular flexibility index (Phi) is 5.69. The molecule has 3 aromatic carbocycles. The maximum atomic E-state index is 10.4. The molecule has 29 heavy (non-hydrogen) atoms. The molecule has 3 aromatic rings. The molecule has 0 amide bonds. The SMILES string of the molecule is COc1c(OCc2ccccc2)c(C)c2c(c1OCc1ccccc1)COC2O. The lowest BCUT2D eigenvalue weighted by molar-refractivity contribution is -0.0922. The topological polar surface area (TPSA) is 57.2 Å². The van der Waals surface area contributed by atoms with Crippen molar-refractivity contribution in [1.29, 1.82) is 0 Å². The van der Waals surface area contributed by atoms with E-state index in [1.807, 2.05) is 67.6 Å². The van der Waals surface area contributed by atoms with Crippen LogP contribution >= 0.6 is 0 Å². The van der Waals surface area contributed by atoms with E-state index in [0.717, 1.165) is 22.3 Å². The van der Waals surface area contributed by atoms with Crippen LogP contribution in [0.4, 0.5) is 0 Å². The van der Waals surface area contributed by atoms with Crippen molar-refractivity contribution >= 4 is 0 Å². The van der Waals surface area contributed by atoms with Crippen LogP contribution in [0.2, 0.25) is 0 Å². The predicted molar refractivity (Wildman–Crippen MR) is 109 cm³/mol. The molecule has 4 rings (SSSR count). The summed E-state index contributed by atoms with van der Waals surface area (Å²) in [7, 11) is 1.60. The number of aliphatic hydroxyl groups excluding tert-OH is 1. The highest BCUT2D eigenvalue weighted by Gasteiger charge is 2.33. The number of rotatable bonds is 7. The minimum absolute atomic E-state index is 0.261. The fraction of sp³-hybridized carbons (Fsp3) is 0.250. The van der Waals surface area contributed by atoms with Gasteiger partial charge in [0.15, 0.2) is 17.8 Å². The molecule has 0 aliphatic carbocycles. The van der Waals surface area contributed by atoms with Crippen molar-refractivity contribution in [3.05, 3.63) is 88.5 Å². The number of ether oxygens (including phenoxy) is 4. The van der Waals surface area contributed by atoms with Gasteiger partial charge in [0.25, 0.3) is 0 Å². The molecule has 0 saturated heterocycles. The van der Waals surface area contributed by atoms with Crippen LogP contribution in [0.3, 0.4) is 0 Å². The van der Waals surface area contributed by atoms with Crippen LogP contribution in [0.1, 0.15) is 34.1 Å². The normalized spacial score (nSPS) is 15.1. The smallest absolute Gasteiger partial charge is 0.204 e. The van der Waals surface area contributed by atoms with Crippen LogP contribution in [0.15, 0.2) is 60.7 Å². The molecule has 1 aliphatic rings. The van der Waals surface area contributed by atoms with Crippen molar-refractivity contribution in [3.8, 4) is 17.2 Å². The minimum Gasteiger partial charge on any atom is -0.490 e. The second-order valence-electron chi connectivity index (χ2n) is 6.92. The molecule has 1 atom stereocenters. The molecule has 5 nitrogen and oxygen atoms in total. The van der Waals surface area contributed by atoms with Crippen molar-refractivity contribution in [2.24, 2.45) is 0 Å². The summed E-state index contributed by atoms with van der Waals surface area (Å²) in [6.45, 7) is 2.92. The lowest BCUT2D eigenvalue weighted by atomic mass is 10.00. The first-order valence-corrected chi connectivity index (χ1v) is 9.55. The van der Waals surface area contributed by atoms with Crippen LogP contribution in [0.5, 0.6) is 17.2 Å². The van der Waals surface area contributed by atoms with Crippen molar-refractivity contribution < 1.29 is 24.1 Å². The van der Waals surface area contributed by atoms with E-state index in [1.54, 1.807) is 7.11 Å². The van der Waals surface area contributed by atoms with E-state index < -0.39 is 6.29 Å². The first-order chi connectivity index (χ1) is 14.2. The lowest BCUT2D eigenvalue weighted by Gasteiger charge is -2.21. The van der Waals surface area contributed by atoms with Gasteiger partial charge in [-0.3, -0.25) is 0 Å². The average Bonchev–Trinajstić information content (AvgIpc) is 3.15. The Labute approximate surface area is 170 Å². The second kappa shape index (κ2) is 8.55. The monoisotopic (exact) mass is 392 g/mol. The van der Waals surface area contributed by atoms with Crippen molar-refractivity contribution in [2.45, 2.75) is 33.0 Å². The van der Waals surface area contributed by atoms with E-state index in [4.69, 9.17) is 18.9 Å². The van der Waals surface area contributed by atoms with Gasteiger partial charge in [-0.1, -0.05) is 60.7 Å². The van der Waals surface area contributed by atoms with Gasteiger partial charge in [-0.25, -0.2) is 0 Å². The molecule has 1 aliphatic heterocycles. The highest BCUT2D eigenvalue weighted by atomic mass is 16.6. The molecular weight excluding hydrogens is 368 g/mol. The quantitative estimate of drug-likeness (QED) is 0.633. The third-order valence-corrected chi connectivity index (χ3v) is 5.04. The Morgan fingerprint density at radius 2 is 1.41 bits per heavy atom. The number of fused-ring (bicyclic) bond motifs is 1. The van der Waals surface area contributed by atoms with Crippen LogP contribution in [0.25, 0.3) is 0 Å².